The Morgan fingerprint density at radius 3 is 2.61 bits per heavy atom. The van der Waals surface area contributed by atoms with Gasteiger partial charge < -0.3 is 11.2 Å². The van der Waals surface area contributed by atoms with Gasteiger partial charge >= 0.3 is 0 Å². The summed E-state index contributed by atoms with van der Waals surface area (Å²) in [6, 6.07) is 16.3. The highest BCUT2D eigenvalue weighted by molar-refractivity contribution is 6.10. The molecule has 3 heterocycles. The SMILES string of the molecule is Nn1cc2c3c(ccnc31)-c1ccccc1NC(=O)C2c1ccc(N=O)cc1. The summed E-state index contributed by atoms with van der Waals surface area (Å²) >= 11 is 0. The molecule has 7 nitrogen and oxygen atoms in total. The fraction of sp³-hybridized carbons (Fsp3) is 0.0476. The fourth-order valence-electron chi connectivity index (χ4n) is 3.88. The fourth-order valence-corrected chi connectivity index (χ4v) is 3.88. The van der Waals surface area contributed by atoms with Gasteiger partial charge in [0.15, 0.2) is 5.65 Å². The summed E-state index contributed by atoms with van der Waals surface area (Å²) in [7, 11) is 0. The minimum atomic E-state index is -0.607. The minimum absolute atomic E-state index is 0.179. The van der Waals surface area contributed by atoms with Crippen molar-refractivity contribution in [1.82, 2.24) is 9.66 Å². The summed E-state index contributed by atoms with van der Waals surface area (Å²) in [6.07, 6.45) is 3.45. The number of fused-ring (bicyclic) bond motifs is 2. The highest BCUT2D eigenvalue weighted by Gasteiger charge is 2.31. The van der Waals surface area contributed by atoms with Crippen LogP contribution < -0.4 is 11.2 Å². The van der Waals surface area contributed by atoms with Crippen LogP contribution in [0.3, 0.4) is 0 Å². The summed E-state index contributed by atoms with van der Waals surface area (Å²) in [4.78, 5) is 28.5. The van der Waals surface area contributed by atoms with Crippen molar-refractivity contribution in [3.05, 3.63) is 83.0 Å². The number of pyridine rings is 1. The van der Waals surface area contributed by atoms with E-state index in [9.17, 15) is 9.70 Å². The van der Waals surface area contributed by atoms with Crippen LogP contribution in [0.25, 0.3) is 22.2 Å². The number of hydrogen-bond acceptors (Lipinski definition) is 5. The molecule has 136 valence electrons. The van der Waals surface area contributed by atoms with Gasteiger partial charge in [-0.3, -0.25) is 9.47 Å². The van der Waals surface area contributed by atoms with Crippen molar-refractivity contribution in [3.63, 3.8) is 0 Å². The molecular formula is C21H15N5O2. The van der Waals surface area contributed by atoms with Crippen molar-refractivity contribution in [2.24, 2.45) is 5.18 Å². The molecule has 2 aromatic carbocycles. The van der Waals surface area contributed by atoms with Crippen molar-refractivity contribution in [2.45, 2.75) is 5.92 Å². The molecule has 1 unspecified atom stereocenters. The van der Waals surface area contributed by atoms with Crippen molar-refractivity contribution in [1.29, 1.82) is 0 Å². The number of benzene rings is 2. The number of nitroso groups, excluding NO2 is 1. The number of para-hydroxylation sites is 1. The van der Waals surface area contributed by atoms with E-state index < -0.39 is 5.92 Å². The van der Waals surface area contributed by atoms with E-state index in [2.05, 4.69) is 15.5 Å². The van der Waals surface area contributed by atoms with Crippen LogP contribution in [0.4, 0.5) is 11.4 Å². The molecule has 0 aliphatic carbocycles. The van der Waals surface area contributed by atoms with E-state index in [0.717, 1.165) is 33.3 Å². The molecule has 0 spiro atoms. The standard InChI is InChI=1S/C21H15N5O2/c22-26-11-16-18(12-5-7-13(25-28)8-6-12)21(27)24-17-4-2-1-3-14(17)15-9-10-23-20(26)19(15)16/h1-11,18H,22H2,(H,24,27). The van der Waals surface area contributed by atoms with E-state index in [1.165, 1.54) is 4.68 Å². The van der Waals surface area contributed by atoms with Gasteiger partial charge in [-0.25, -0.2) is 4.98 Å². The smallest absolute Gasteiger partial charge is 0.236 e. The highest BCUT2D eigenvalue weighted by Crippen LogP contribution is 2.42. The number of nitrogens with one attached hydrogen (secondary N) is 1. The number of nitrogen functional groups attached to an aromatic ring is 1. The molecule has 1 amide bonds. The van der Waals surface area contributed by atoms with E-state index in [0.29, 0.717) is 11.3 Å². The van der Waals surface area contributed by atoms with Gasteiger partial charge in [-0.1, -0.05) is 30.3 Å². The third-order valence-electron chi connectivity index (χ3n) is 5.12. The van der Waals surface area contributed by atoms with Crippen LogP contribution in [0, 0.1) is 4.91 Å². The van der Waals surface area contributed by atoms with Crippen LogP contribution in [0.1, 0.15) is 17.0 Å². The maximum atomic E-state index is 13.3. The van der Waals surface area contributed by atoms with E-state index in [1.807, 2.05) is 30.3 Å². The van der Waals surface area contributed by atoms with E-state index in [1.54, 1.807) is 36.7 Å². The second-order valence-electron chi connectivity index (χ2n) is 6.70. The highest BCUT2D eigenvalue weighted by atomic mass is 16.3. The number of anilines is 1. The largest absolute Gasteiger partial charge is 0.338 e. The summed E-state index contributed by atoms with van der Waals surface area (Å²) in [5.74, 6) is 5.38. The molecular weight excluding hydrogens is 354 g/mol. The molecule has 0 bridgehead atoms. The molecule has 0 saturated heterocycles. The Morgan fingerprint density at radius 1 is 1.04 bits per heavy atom. The van der Waals surface area contributed by atoms with Crippen molar-refractivity contribution in [2.75, 3.05) is 11.2 Å². The van der Waals surface area contributed by atoms with Gasteiger partial charge in [-0.2, -0.15) is 0 Å². The predicted octanol–water partition coefficient (Wildman–Crippen LogP) is 3.90. The van der Waals surface area contributed by atoms with Gasteiger partial charge in [0.1, 0.15) is 5.69 Å². The molecule has 4 aromatic rings. The normalized spacial score (nSPS) is 15.4. The second kappa shape index (κ2) is 6.02. The maximum Gasteiger partial charge on any atom is 0.236 e. The summed E-state index contributed by atoms with van der Waals surface area (Å²) in [5.41, 5.74) is 5.01. The number of rotatable bonds is 2. The summed E-state index contributed by atoms with van der Waals surface area (Å²) in [5, 5.41) is 6.81. The summed E-state index contributed by atoms with van der Waals surface area (Å²) in [6.45, 7) is 0. The molecule has 28 heavy (non-hydrogen) atoms. The average molecular weight is 369 g/mol. The lowest BCUT2D eigenvalue weighted by Crippen LogP contribution is -2.23. The predicted molar refractivity (Wildman–Crippen MR) is 108 cm³/mol. The van der Waals surface area contributed by atoms with Gasteiger partial charge in [0.2, 0.25) is 5.91 Å². The van der Waals surface area contributed by atoms with E-state index >= 15 is 0 Å². The van der Waals surface area contributed by atoms with E-state index in [-0.39, 0.29) is 5.91 Å². The lowest BCUT2D eigenvalue weighted by atomic mass is 9.86. The molecule has 7 heteroatoms. The number of amides is 1. The first-order valence-electron chi connectivity index (χ1n) is 8.76. The van der Waals surface area contributed by atoms with Gasteiger partial charge in [0.05, 0.1) is 5.92 Å². The second-order valence-corrected chi connectivity index (χ2v) is 6.70. The Labute approximate surface area is 159 Å². The van der Waals surface area contributed by atoms with Crippen LogP contribution in [-0.2, 0) is 4.79 Å². The number of nitrogens with two attached hydrogens (primary N) is 1. The molecule has 3 N–H and O–H groups in total. The lowest BCUT2D eigenvalue weighted by molar-refractivity contribution is -0.116. The maximum absolute atomic E-state index is 13.3. The average Bonchev–Trinajstić information content (AvgIpc) is 3.05. The molecule has 0 fully saturated rings. The third kappa shape index (κ3) is 2.30. The zero-order valence-corrected chi connectivity index (χ0v) is 14.7. The molecule has 1 aliphatic heterocycles. The number of aromatic nitrogens is 2. The van der Waals surface area contributed by atoms with Gasteiger partial charge in [0.25, 0.3) is 0 Å². The van der Waals surface area contributed by atoms with Crippen LogP contribution in [0.5, 0.6) is 0 Å². The minimum Gasteiger partial charge on any atom is -0.338 e. The quantitative estimate of drug-likeness (QED) is 0.413. The van der Waals surface area contributed by atoms with Crippen molar-refractivity contribution in [3.8, 4) is 11.1 Å². The first-order chi connectivity index (χ1) is 13.7. The van der Waals surface area contributed by atoms with Gasteiger partial charge in [0, 0.05) is 29.0 Å². The van der Waals surface area contributed by atoms with Crippen LogP contribution in [0.15, 0.2) is 72.2 Å². The third-order valence-corrected chi connectivity index (χ3v) is 5.12. The zero-order valence-electron chi connectivity index (χ0n) is 14.7. The molecule has 0 saturated carbocycles. The van der Waals surface area contributed by atoms with Crippen LogP contribution in [-0.4, -0.2) is 15.6 Å². The summed E-state index contributed by atoms with van der Waals surface area (Å²) < 4.78 is 1.45. The Kier molecular flexibility index (Phi) is 3.48. The van der Waals surface area contributed by atoms with Crippen molar-refractivity contribution < 1.29 is 4.79 Å². The number of carbonyl (C=O) groups excluding carboxylic acids is 1. The molecule has 0 radical (unpaired) electrons. The monoisotopic (exact) mass is 369 g/mol. The molecule has 2 aromatic heterocycles. The molecule has 1 aliphatic rings. The van der Waals surface area contributed by atoms with Gasteiger partial charge in [-0.05, 0) is 46.1 Å². The van der Waals surface area contributed by atoms with Gasteiger partial charge in [-0.15, -0.1) is 4.91 Å². The van der Waals surface area contributed by atoms with E-state index in [4.69, 9.17) is 5.84 Å². The Morgan fingerprint density at radius 2 is 1.82 bits per heavy atom. The first kappa shape index (κ1) is 16.2. The topological polar surface area (TPSA) is 102 Å². The number of nitrogens with zero attached hydrogens (tertiary/aromatic N) is 3. The molecule has 1 atom stereocenters. The Balaban J connectivity index is 1.85. The first-order valence-corrected chi connectivity index (χ1v) is 8.76. The van der Waals surface area contributed by atoms with Crippen molar-refractivity contribution >= 4 is 28.3 Å². The lowest BCUT2D eigenvalue weighted by Gasteiger charge is -2.22. The molecule has 5 rings (SSSR count). The number of carbonyl (C=O) groups is 1. The van der Waals surface area contributed by atoms with Crippen LogP contribution >= 0.6 is 0 Å². The van der Waals surface area contributed by atoms with Crippen LogP contribution in [0.2, 0.25) is 0 Å². The Bertz CT molecular complexity index is 1240. The zero-order chi connectivity index (χ0) is 19.3. The Hall–Kier alpha value is -4.00. The number of hydrogen-bond donors (Lipinski definition) is 2.